The summed E-state index contributed by atoms with van der Waals surface area (Å²) in [6.45, 7) is 4.89. The van der Waals surface area contributed by atoms with E-state index in [2.05, 4.69) is 10.3 Å². The third kappa shape index (κ3) is 3.51. The summed E-state index contributed by atoms with van der Waals surface area (Å²) in [6, 6.07) is 5.86. The maximum Gasteiger partial charge on any atom is 0.198 e. The highest BCUT2D eigenvalue weighted by molar-refractivity contribution is 5.35. The molecule has 0 fully saturated rings. The van der Waals surface area contributed by atoms with Crippen LogP contribution in [0.4, 0.5) is 8.78 Å². The zero-order valence-electron chi connectivity index (χ0n) is 11.4. The second-order valence-electron chi connectivity index (χ2n) is 4.41. The lowest BCUT2D eigenvalue weighted by molar-refractivity contribution is 0.404. The van der Waals surface area contributed by atoms with Gasteiger partial charge in [0.25, 0.3) is 0 Å². The Kier molecular flexibility index (Phi) is 4.63. The van der Waals surface area contributed by atoms with Gasteiger partial charge >= 0.3 is 0 Å². The first-order valence-electron chi connectivity index (χ1n) is 6.39. The van der Waals surface area contributed by atoms with Gasteiger partial charge in [-0.1, -0.05) is 6.92 Å². The summed E-state index contributed by atoms with van der Waals surface area (Å²) in [7, 11) is 0. The molecule has 0 saturated heterocycles. The van der Waals surface area contributed by atoms with E-state index in [-0.39, 0.29) is 0 Å². The van der Waals surface area contributed by atoms with Crippen LogP contribution in [-0.4, -0.2) is 11.5 Å². The van der Waals surface area contributed by atoms with Crippen molar-refractivity contribution in [2.24, 2.45) is 0 Å². The smallest absolute Gasteiger partial charge is 0.198 e. The Bertz CT molecular complexity index is 562. The summed E-state index contributed by atoms with van der Waals surface area (Å²) in [5.41, 5.74) is 1.34. The number of halogens is 2. The number of hydrogen-bond donors (Lipinski definition) is 1. The van der Waals surface area contributed by atoms with Crippen molar-refractivity contribution in [1.29, 1.82) is 0 Å². The Hall–Kier alpha value is -2.01. The molecule has 5 heteroatoms. The van der Waals surface area contributed by atoms with Crippen LogP contribution in [0.2, 0.25) is 0 Å². The number of rotatable bonds is 5. The first-order valence-corrected chi connectivity index (χ1v) is 6.39. The van der Waals surface area contributed by atoms with Crippen LogP contribution < -0.4 is 10.1 Å². The van der Waals surface area contributed by atoms with Crippen LogP contribution >= 0.6 is 0 Å². The van der Waals surface area contributed by atoms with E-state index in [9.17, 15) is 8.78 Å². The molecule has 1 heterocycles. The molecule has 0 amide bonds. The summed E-state index contributed by atoms with van der Waals surface area (Å²) < 4.78 is 33.0. The van der Waals surface area contributed by atoms with Crippen LogP contribution in [0.5, 0.6) is 11.5 Å². The molecule has 2 rings (SSSR count). The first kappa shape index (κ1) is 14.4. The third-order valence-electron chi connectivity index (χ3n) is 2.74. The van der Waals surface area contributed by atoms with Gasteiger partial charge in [0.1, 0.15) is 5.75 Å². The predicted molar refractivity (Wildman–Crippen MR) is 72.8 cm³/mol. The standard InChI is InChI=1S/C15H16F2N2O/c1-3-18-8-11-6-13(16)15(14(17)7-11)20-12-5-4-10(2)19-9-12/h4-7,9,18H,3,8H2,1-2H3. The fraction of sp³-hybridized carbons (Fsp3) is 0.267. The van der Waals surface area contributed by atoms with Crippen molar-refractivity contribution in [3.05, 3.63) is 53.4 Å². The molecule has 3 nitrogen and oxygen atoms in total. The number of hydrogen-bond acceptors (Lipinski definition) is 3. The molecule has 106 valence electrons. The van der Waals surface area contributed by atoms with Crippen LogP contribution in [-0.2, 0) is 6.54 Å². The highest BCUT2D eigenvalue weighted by atomic mass is 19.1. The monoisotopic (exact) mass is 278 g/mol. The fourth-order valence-corrected chi connectivity index (χ4v) is 1.71. The molecule has 0 aliphatic heterocycles. The molecular formula is C15H16F2N2O. The van der Waals surface area contributed by atoms with Gasteiger partial charge in [-0.15, -0.1) is 0 Å². The number of pyridine rings is 1. The molecular weight excluding hydrogens is 262 g/mol. The van der Waals surface area contributed by atoms with Crippen LogP contribution in [0.3, 0.4) is 0 Å². The molecule has 0 bridgehead atoms. The summed E-state index contributed by atoms with van der Waals surface area (Å²) in [5.74, 6) is -1.55. The van der Waals surface area contributed by atoms with E-state index < -0.39 is 17.4 Å². The van der Waals surface area contributed by atoms with Gasteiger partial charge in [-0.25, -0.2) is 8.78 Å². The van der Waals surface area contributed by atoms with Crippen molar-refractivity contribution in [1.82, 2.24) is 10.3 Å². The SMILES string of the molecule is CCNCc1cc(F)c(Oc2ccc(C)nc2)c(F)c1. The Morgan fingerprint density at radius 2 is 1.90 bits per heavy atom. The molecule has 0 spiro atoms. The minimum absolute atomic E-state index is 0.299. The number of nitrogens with zero attached hydrogens (tertiary/aromatic N) is 1. The fourth-order valence-electron chi connectivity index (χ4n) is 1.71. The zero-order valence-corrected chi connectivity index (χ0v) is 11.4. The molecule has 0 atom stereocenters. The van der Waals surface area contributed by atoms with Crippen molar-refractivity contribution < 1.29 is 13.5 Å². The van der Waals surface area contributed by atoms with Crippen LogP contribution in [0.1, 0.15) is 18.2 Å². The van der Waals surface area contributed by atoms with E-state index in [0.717, 1.165) is 12.2 Å². The molecule has 1 aromatic heterocycles. The summed E-state index contributed by atoms with van der Waals surface area (Å²) >= 11 is 0. The molecule has 1 N–H and O–H groups in total. The lowest BCUT2D eigenvalue weighted by Gasteiger charge is -2.10. The van der Waals surface area contributed by atoms with Crippen molar-refractivity contribution in [2.75, 3.05) is 6.54 Å². The van der Waals surface area contributed by atoms with E-state index in [1.165, 1.54) is 18.3 Å². The van der Waals surface area contributed by atoms with Crippen LogP contribution in [0.15, 0.2) is 30.5 Å². The second-order valence-corrected chi connectivity index (χ2v) is 4.41. The van der Waals surface area contributed by atoms with Crippen molar-refractivity contribution in [2.45, 2.75) is 20.4 Å². The first-order chi connectivity index (χ1) is 9.60. The predicted octanol–water partition coefficient (Wildman–Crippen LogP) is 3.57. The topological polar surface area (TPSA) is 34.1 Å². The summed E-state index contributed by atoms with van der Waals surface area (Å²) in [6.07, 6.45) is 1.43. The highest BCUT2D eigenvalue weighted by Gasteiger charge is 2.13. The summed E-state index contributed by atoms with van der Waals surface area (Å²) in [4.78, 5) is 4.01. The normalized spacial score (nSPS) is 10.6. The molecule has 2 aromatic rings. The molecule has 1 aromatic carbocycles. The molecule has 0 unspecified atom stereocenters. The highest BCUT2D eigenvalue weighted by Crippen LogP contribution is 2.28. The Morgan fingerprint density at radius 3 is 2.45 bits per heavy atom. The van der Waals surface area contributed by atoms with Gasteiger partial charge in [0.15, 0.2) is 17.4 Å². The molecule has 0 radical (unpaired) electrons. The van der Waals surface area contributed by atoms with Crippen LogP contribution in [0.25, 0.3) is 0 Å². The minimum Gasteiger partial charge on any atom is -0.450 e. The number of nitrogens with one attached hydrogen (secondary N) is 1. The van der Waals surface area contributed by atoms with Crippen molar-refractivity contribution in [3.8, 4) is 11.5 Å². The minimum atomic E-state index is -0.724. The molecule has 20 heavy (non-hydrogen) atoms. The number of benzene rings is 1. The van der Waals surface area contributed by atoms with Gasteiger partial charge < -0.3 is 10.1 Å². The van der Waals surface area contributed by atoms with Gasteiger partial charge in [0.2, 0.25) is 0 Å². The maximum absolute atomic E-state index is 13.9. The Morgan fingerprint density at radius 1 is 1.20 bits per heavy atom. The number of ether oxygens (including phenoxy) is 1. The second kappa shape index (κ2) is 6.43. The average Bonchev–Trinajstić information content (AvgIpc) is 2.42. The lowest BCUT2D eigenvalue weighted by atomic mass is 10.2. The molecule has 0 aliphatic carbocycles. The van der Waals surface area contributed by atoms with Gasteiger partial charge in [0, 0.05) is 12.2 Å². The van der Waals surface area contributed by atoms with E-state index in [4.69, 9.17) is 4.74 Å². The Balaban J connectivity index is 2.21. The van der Waals surface area contributed by atoms with E-state index in [1.807, 2.05) is 13.8 Å². The van der Waals surface area contributed by atoms with E-state index in [0.29, 0.717) is 17.9 Å². The molecule has 0 aliphatic rings. The number of aryl methyl sites for hydroxylation is 1. The maximum atomic E-state index is 13.9. The van der Waals surface area contributed by atoms with Gasteiger partial charge in [-0.3, -0.25) is 4.98 Å². The quantitative estimate of drug-likeness (QED) is 0.908. The zero-order chi connectivity index (χ0) is 14.5. The van der Waals surface area contributed by atoms with E-state index in [1.54, 1.807) is 12.1 Å². The third-order valence-corrected chi connectivity index (χ3v) is 2.74. The average molecular weight is 278 g/mol. The van der Waals surface area contributed by atoms with E-state index >= 15 is 0 Å². The number of aromatic nitrogens is 1. The Labute approximate surface area is 116 Å². The van der Waals surface area contributed by atoms with Gasteiger partial charge in [0.05, 0.1) is 6.20 Å². The largest absolute Gasteiger partial charge is 0.450 e. The summed E-state index contributed by atoms with van der Waals surface area (Å²) in [5, 5.41) is 3.01. The van der Waals surface area contributed by atoms with Crippen molar-refractivity contribution in [3.63, 3.8) is 0 Å². The van der Waals surface area contributed by atoms with Gasteiger partial charge in [-0.05, 0) is 43.3 Å². The van der Waals surface area contributed by atoms with Crippen LogP contribution in [0, 0.1) is 18.6 Å². The molecule has 0 saturated carbocycles. The van der Waals surface area contributed by atoms with Gasteiger partial charge in [-0.2, -0.15) is 0 Å². The van der Waals surface area contributed by atoms with Crippen molar-refractivity contribution >= 4 is 0 Å². The lowest BCUT2D eigenvalue weighted by Crippen LogP contribution is -2.12.